The predicted octanol–water partition coefficient (Wildman–Crippen LogP) is 1.26. The Morgan fingerprint density at radius 1 is 1.60 bits per heavy atom. The number of hydrogen-bond acceptors (Lipinski definition) is 4. The summed E-state index contributed by atoms with van der Waals surface area (Å²) in [6.45, 7) is 2.78. The first-order valence-corrected chi connectivity index (χ1v) is 4.85. The van der Waals surface area contributed by atoms with Gasteiger partial charge in [-0.2, -0.15) is 0 Å². The van der Waals surface area contributed by atoms with Crippen molar-refractivity contribution in [3.8, 4) is 0 Å². The maximum absolute atomic E-state index is 5.02. The van der Waals surface area contributed by atoms with E-state index < -0.39 is 0 Å². The molecule has 0 bridgehead atoms. The van der Waals surface area contributed by atoms with Crippen molar-refractivity contribution in [3.05, 3.63) is 36.3 Å². The SMILES string of the molecule is CC(NCc1nncn1C)c1ccoc1. The molecule has 0 saturated heterocycles. The van der Waals surface area contributed by atoms with Crippen LogP contribution in [0.4, 0.5) is 0 Å². The summed E-state index contributed by atoms with van der Waals surface area (Å²) < 4.78 is 6.92. The molecular formula is C10H14N4O. The first-order valence-electron chi connectivity index (χ1n) is 4.85. The number of furan rings is 1. The van der Waals surface area contributed by atoms with Gasteiger partial charge in [0.15, 0.2) is 0 Å². The van der Waals surface area contributed by atoms with Gasteiger partial charge < -0.3 is 14.3 Å². The van der Waals surface area contributed by atoms with E-state index >= 15 is 0 Å². The predicted molar refractivity (Wildman–Crippen MR) is 55.0 cm³/mol. The van der Waals surface area contributed by atoms with Gasteiger partial charge in [0.05, 0.1) is 19.1 Å². The van der Waals surface area contributed by atoms with Crippen LogP contribution in [0.3, 0.4) is 0 Å². The van der Waals surface area contributed by atoms with Crippen molar-refractivity contribution in [2.45, 2.75) is 19.5 Å². The Balaban J connectivity index is 1.91. The Bertz CT molecular complexity index is 407. The maximum atomic E-state index is 5.02. The molecule has 0 spiro atoms. The lowest BCUT2D eigenvalue weighted by Gasteiger charge is -2.10. The third-order valence-corrected chi connectivity index (χ3v) is 2.41. The van der Waals surface area contributed by atoms with Gasteiger partial charge in [0, 0.05) is 18.7 Å². The average molecular weight is 206 g/mol. The monoisotopic (exact) mass is 206 g/mol. The van der Waals surface area contributed by atoms with Crippen LogP contribution >= 0.6 is 0 Å². The van der Waals surface area contributed by atoms with E-state index in [-0.39, 0.29) is 6.04 Å². The van der Waals surface area contributed by atoms with Crippen LogP contribution in [0, 0.1) is 0 Å². The van der Waals surface area contributed by atoms with E-state index in [4.69, 9.17) is 4.42 Å². The molecule has 0 radical (unpaired) electrons. The standard InChI is InChI=1S/C10H14N4O/c1-8(9-3-4-15-6-9)11-5-10-13-12-7-14(10)2/h3-4,6-8,11H,5H2,1-2H3. The summed E-state index contributed by atoms with van der Waals surface area (Å²) in [5, 5.41) is 11.2. The molecule has 0 amide bonds. The molecular weight excluding hydrogens is 192 g/mol. The summed E-state index contributed by atoms with van der Waals surface area (Å²) in [6.07, 6.45) is 5.11. The molecule has 1 N–H and O–H groups in total. The van der Waals surface area contributed by atoms with Crippen molar-refractivity contribution in [3.63, 3.8) is 0 Å². The van der Waals surface area contributed by atoms with E-state index in [9.17, 15) is 0 Å². The lowest BCUT2D eigenvalue weighted by atomic mass is 10.2. The van der Waals surface area contributed by atoms with Crippen LogP contribution in [0.25, 0.3) is 0 Å². The van der Waals surface area contributed by atoms with E-state index in [1.54, 1.807) is 18.9 Å². The summed E-state index contributed by atoms with van der Waals surface area (Å²) in [5.41, 5.74) is 1.14. The molecule has 0 aliphatic rings. The average Bonchev–Trinajstić information content (AvgIpc) is 2.85. The van der Waals surface area contributed by atoms with Crippen molar-refractivity contribution in [1.82, 2.24) is 20.1 Å². The van der Waals surface area contributed by atoms with Gasteiger partial charge >= 0.3 is 0 Å². The second kappa shape index (κ2) is 4.27. The number of aromatic nitrogens is 3. The fourth-order valence-electron chi connectivity index (χ4n) is 1.35. The van der Waals surface area contributed by atoms with Gasteiger partial charge in [-0.1, -0.05) is 0 Å². The molecule has 15 heavy (non-hydrogen) atoms. The highest BCUT2D eigenvalue weighted by Gasteiger charge is 2.07. The number of hydrogen-bond donors (Lipinski definition) is 1. The van der Waals surface area contributed by atoms with Gasteiger partial charge in [0.25, 0.3) is 0 Å². The Labute approximate surface area is 88.1 Å². The lowest BCUT2D eigenvalue weighted by molar-refractivity contribution is 0.527. The smallest absolute Gasteiger partial charge is 0.146 e. The largest absolute Gasteiger partial charge is 0.472 e. The van der Waals surface area contributed by atoms with Crippen molar-refractivity contribution < 1.29 is 4.42 Å². The molecule has 2 heterocycles. The first-order chi connectivity index (χ1) is 7.27. The Morgan fingerprint density at radius 2 is 2.47 bits per heavy atom. The summed E-state index contributed by atoms with van der Waals surface area (Å²) in [4.78, 5) is 0. The van der Waals surface area contributed by atoms with Crippen LogP contribution in [-0.2, 0) is 13.6 Å². The summed E-state index contributed by atoms with van der Waals surface area (Å²) in [5.74, 6) is 0.922. The first kappa shape index (κ1) is 9.92. The lowest BCUT2D eigenvalue weighted by Crippen LogP contribution is -2.19. The van der Waals surface area contributed by atoms with Crippen LogP contribution in [-0.4, -0.2) is 14.8 Å². The fraction of sp³-hybridized carbons (Fsp3) is 0.400. The molecule has 1 atom stereocenters. The van der Waals surface area contributed by atoms with E-state index in [0.29, 0.717) is 6.54 Å². The van der Waals surface area contributed by atoms with E-state index in [2.05, 4.69) is 22.4 Å². The van der Waals surface area contributed by atoms with Crippen LogP contribution in [0.5, 0.6) is 0 Å². The van der Waals surface area contributed by atoms with Crippen LogP contribution in [0.15, 0.2) is 29.3 Å². The minimum Gasteiger partial charge on any atom is -0.472 e. The molecule has 2 aromatic heterocycles. The summed E-state index contributed by atoms with van der Waals surface area (Å²) >= 11 is 0. The van der Waals surface area contributed by atoms with E-state index in [1.807, 2.05) is 17.7 Å². The van der Waals surface area contributed by atoms with E-state index in [1.165, 1.54) is 0 Å². The highest BCUT2D eigenvalue weighted by Crippen LogP contribution is 2.12. The van der Waals surface area contributed by atoms with Crippen molar-refractivity contribution in [1.29, 1.82) is 0 Å². The Kier molecular flexibility index (Phi) is 2.82. The number of rotatable bonds is 4. The van der Waals surface area contributed by atoms with Crippen molar-refractivity contribution in [2.24, 2.45) is 7.05 Å². The van der Waals surface area contributed by atoms with Gasteiger partial charge in [-0.15, -0.1) is 10.2 Å². The summed E-state index contributed by atoms with van der Waals surface area (Å²) in [6, 6.07) is 2.20. The number of nitrogens with one attached hydrogen (secondary N) is 1. The molecule has 1 unspecified atom stereocenters. The second-order valence-electron chi connectivity index (χ2n) is 3.52. The molecule has 5 nitrogen and oxygen atoms in total. The summed E-state index contributed by atoms with van der Waals surface area (Å²) in [7, 11) is 1.93. The highest BCUT2D eigenvalue weighted by molar-refractivity contribution is 5.10. The van der Waals surface area contributed by atoms with Crippen molar-refractivity contribution in [2.75, 3.05) is 0 Å². The molecule has 0 fully saturated rings. The molecule has 0 saturated carbocycles. The number of aryl methyl sites for hydroxylation is 1. The van der Waals surface area contributed by atoms with Gasteiger partial charge in [0.2, 0.25) is 0 Å². The second-order valence-corrected chi connectivity index (χ2v) is 3.52. The zero-order valence-corrected chi connectivity index (χ0v) is 8.84. The third-order valence-electron chi connectivity index (χ3n) is 2.41. The Morgan fingerprint density at radius 3 is 3.07 bits per heavy atom. The number of nitrogens with zero attached hydrogens (tertiary/aromatic N) is 3. The van der Waals surface area contributed by atoms with Crippen LogP contribution in [0.2, 0.25) is 0 Å². The van der Waals surface area contributed by atoms with Crippen LogP contribution < -0.4 is 5.32 Å². The zero-order valence-electron chi connectivity index (χ0n) is 8.84. The topological polar surface area (TPSA) is 55.9 Å². The third kappa shape index (κ3) is 2.24. The van der Waals surface area contributed by atoms with E-state index in [0.717, 1.165) is 11.4 Å². The zero-order chi connectivity index (χ0) is 10.7. The highest BCUT2D eigenvalue weighted by atomic mass is 16.3. The normalized spacial score (nSPS) is 12.9. The molecule has 0 aliphatic heterocycles. The molecule has 2 aromatic rings. The maximum Gasteiger partial charge on any atom is 0.146 e. The minimum atomic E-state index is 0.250. The van der Waals surface area contributed by atoms with Gasteiger partial charge in [-0.25, -0.2) is 0 Å². The van der Waals surface area contributed by atoms with Gasteiger partial charge in [0.1, 0.15) is 12.2 Å². The minimum absolute atomic E-state index is 0.250. The molecule has 2 rings (SSSR count). The molecule has 5 heteroatoms. The fourth-order valence-corrected chi connectivity index (χ4v) is 1.35. The Hall–Kier alpha value is -1.62. The molecule has 80 valence electrons. The molecule has 0 aromatic carbocycles. The van der Waals surface area contributed by atoms with Gasteiger partial charge in [-0.3, -0.25) is 0 Å². The van der Waals surface area contributed by atoms with Gasteiger partial charge in [-0.05, 0) is 13.0 Å². The quantitative estimate of drug-likeness (QED) is 0.818. The molecule has 0 aliphatic carbocycles. The van der Waals surface area contributed by atoms with Crippen molar-refractivity contribution >= 4 is 0 Å². The van der Waals surface area contributed by atoms with Crippen LogP contribution in [0.1, 0.15) is 24.4 Å².